The molecule has 0 radical (unpaired) electrons. The number of carbonyl (C=O) groups is 1. The zero-order valence-corrected chi connectivity index (χ0v) is 16.4. The molecule has 29 heavy (non-hydrogen) atoms. The van der Waals surface area contributed by atoms with E-state index < -0.39 is 10.0 Å². The summed E-state index contributed by atoms with van der Waals surface area (Å²) in [5.41, 5.74) is 3.22. The monoisotopic (exact) mass is 406 g/mol. The van der Waals surface area contributed by atoms with Crippen molar-refractivity contribution in [1.29, 1.82) is 0 Å². The number of anilines is 1. The van der Waals surface area contributed by atoms with Crippen LogP contribution < -0.4 is 4.72 Å². The van der Waals surface area contributed by atoms with Crippen LogP contribution in [0.15, 0.2) is 73.2 Å². The number of hydrogen-bond acceptors (Lipinski definition) is 5. The molecule has 0 aliphatic heterocycles. The van der Waals surface area contributed by atoms with Gasteiger partial charge in [-0.05, 0) is 25.1 Å². The topological polar surface area (TPSA) is 93.4 Å². The van der Waals surface area contributed by atoms with E-state index in [4.69, 9.17) is 0 Å². The molecule has 0 aliphatic rings. The molecule has 0 amide bonds. The molecular weight excluding hydrogens is 388 g/mol. The van der Waals surface area contributed by atoms with Gasteiger partial charge in [0.15, 0.2) is 11.3 Å². The molecule has 1 N–H and O–H groups in total. The number of carbonyl (C=O) groups excluding carboxylic acids is 1. The lowest BCUT2D eigenvalue weighted by Gasteiger charge is -2.09. The van der Waals surface area contributed by atoms with Crippen molar-refractivity contribution in [1.82, 2.24) is 14.4 Å². The molecule has 2 aromatic carbocycles. The van der Waals surface area contributed by atoms with Gasteiger partial charge in [0.25, 0.3) is 0 Å². The summed E-state index contributed by atoms with van der Waals surface area (Å²) in [6.45, 7) is 1.58. The van der Waals surface area contributed by atoms with Gasteiger partial charge in [-0.2, -0.15) is 0 Å². The Kier molecular flexibility index (Phi) is 4.85. The molecule has 0 fully saturated rings. The van der Waals surface area contributed by atoms with Crippen LogP contribution in [0.5, 0.6) is 0 Å². The van der Waals surface area contributed by atoms with Crippen molar-refractivity contribution in [3.05, 3.63) is 84.4 Å². The number of nitrogens with one attached hydrogen (secondary N) is 1. The van der Waals surface area contributed by atoms with E-state index in [-0.39, 0.29) is 17.2 Å². The predicted octanol–water partition coefficient (Wildman–Crippen LogP) is 3.39. The van der Waals surface area contributed by atoms with Crippen molar-refractivity contribution in [3.63, 3.8) is 0 Å². The zero-order chi connectivity index (χ0) is 20.4. The van der Waals surface area contributed by atoms with Gasteiger partial charge in [0.2, 0.25) is 15.8 Å². The maximum atomic E-state index is 12.8. The maximum Gasteiger partial charge on any atom is 0.232 e. The summed E-state index contributed by atoms with van der Waals surface area (Å²) in [6.07, 6.45) is 3.16. The van der Waals surface area contributed by atoms with Crippen molar-refractivity contribution in [2.45, 2.75) is 6.92 Å². The lowest BCUT2D eigenvalue weighted by atomic mass is 10.1. The third-order valence-electron chi connectivity index (χ3n) is 4.49. The number of imidazole rings is 1. The first-order valence-electron chi connectivity index (χ1n) is 9.01. The molecule has 0 atom stereocenters. The van der Waals surface area contributed by atoms with Crippen LogP contribution in [0, 0.1) is 0 Å². The number of fused-ring (bicyclic) bond motifs is 1. The normalized spacial score (nSPS) is 11.5. The standard InChI is InChI=1S/C21H18N4O3S/c1-2-29(27,28)24-17-10-6-9-16(13-17)18-11-12-22-21-19(23-14-25(18)21)20(26)15-7-4-3-5-8-15/h3-14,24H,2H2,1H3. The van der Waals surface area contributed by atoms with Gasteiger partial charge in [-0.25, -0.2) is 18.4 Å². The van der Waals surface area contributed by atoms with Gasteiger partial charge in [0, 0.05) is 23.0 Å². The van der Waals surface area contributed by atoms with Gasteiger partial charge < -0.3 is 0 Å². The number of ketones is 1. The number of hydrogen-bond donors (Lipinski definition) is 1. The fourth-order valence-corrected chi connectivity index (χ4v) is 3.65. The van der Waals surface area contributed by atoms with Crippen LogP contribution >= 0.6 is 0 Å². The molecule has 0 bridgehead atoms. The molecule has 0 unspecified atom stereocenters. The molecule has 8 heteroatoms. The Balaban J connectivity index is 1.77. The minimum absolute atomic E-state index is 0.0107. The van der Waals surface area contributed by atoms with Gasteiger partial charge >= 0.3 is 0 Å². The second-order valence-corrected chi connectivity index (χ2v) is 8.41. The number of aromatic nitrogens is 3. The third kappa shape index (κ3) is 3.74. The minimum Gasteiger partial charge on any atom is -0.287 e. The van der Waals surface area contributed by atoms with Gasteiger partial charge in [-0.1, -0.05) is 42.5 Å². The Morgan fingerprint density at radius 3 is 2.59 bits per heavy atom. The number of sulfonamides is 1. The second-order valence-electron chi connectivity index (χ2n) is 6.40. The van der Waals surface area contributed by atoms with E-state index in [2.05, 4.69) is 14.7 Å². The first-order chi connectivity index (χ1) is 14.0. The maximum absolute atomic E-state index is 12.8. The van der Waals surface area contributed by atoms with Crippen LogP contribution in [0.3, 0.4) is 0 Å². The van der Waals surface area contributed by atoms with Gasteiger partial charge in [0.1, 0.15) is 6.33 Å². The average Bonchev–Trinajstić information content (AvgIpc) is 3.18. The van der Waals surface area contributed by atoms with E-state index in [1.165, 1.54) is 0 Å². The van der Waals surface area contributed by atoms with E-state index >= 15 is 0 Å². The molecule has 146 valence electrons. The summed E-state index contributed by atoms with van der Waals surface area (Å²) < 4.78 is 28.0. The molecule has 0 saturated carbocycles. The summed E-state index contributed by atoms with van der Waals surface area (Å²) >= 11 is 0. The van der Waals surface area contributed by atoms with E-state index in [9.17, 15) is 13.2 Å². The molecule has 0 saturated heterocycles. The van der Waals surface area contributed by atoms with Gasteiger partial charge in [0.05, 0.1) is 11.4 Å². The number of benzene rings is 2. The molecule has 2 aromatic heterocycles. The fourth-order valence-electron chi connectivity index (χ4n) is 3.02. The van der Waals surface area contributed by atoms with Crippen LogP contribution in [-0.4, -0.2) is 34.3 Å². The molecule has 0 spiro atoms. The van der Waals surface area contributed by atoms with Crippen molar-refractivity contribution in [2.75, 3.05) is 10.5 Å². The Morgan fingerprint density at radius 2 is 1.83 bits per heavy atom. The van der Waals surface area contributed by atoms with E-state index in [1.54, 1.807) is 72.4 Å². The highest BCUT2D eigenvalue weighted by Gasteiger charge is 2.18. The summed E-state index contributed by atoms with van der Waals surface area (Å²) in [7, 11) is -3.38. The SMILES string of the molecule is CCS(=O)(=O)Nc1cccc(-c2ccnc3c(C(=O)c4ccccc4)ncn23)c1. The van der Waals surface area contributed by atoms with Crippen LogP contribution in [-0.2, 0) is 10.0 Å². The second kappa shape index (κ2) is 7.48. The van der Waals surface area contributed by atoms with Crippen molar-refractivity contribution in [3.8, 4) is 11.3 Å². The molecule has 4 aromatic rings. The number of rotatable bonds is 6. The largest absolute Gasteiger partial charge is 0.287 e. The van der Waals surface area contributed by atoms with E-state index in [1.807, 2.05) is 12.1 Å². The smallest absolute Gasteiger partial charge is 0.232 e. The molecule has 7 nitrogen and oxygen atoms in total. The summed E-state index contributed by atoms with van der Waals surface area (Å²) in [5.74, 6) is -0.217. The van der Waals surface area contributed by atoms with Gasteiger partial charge in [-0.15, -0.1) is 0 Å². The first-order valence-corrected chi connectivity index (χ1v) is 10.7. The molecule has 2 heterocycles. The molecule has 0 aliphatic carbocycles. The zero-order valence-electron chi connectivity index (χ0n) is 15.6. The number of nitrogens with zero attached hydrogens (tertiary/aromatic N) is 3. The van der Waals surface area contributed by atoms with Crippen LogP contribution in [0.2, 0.25) is 0 Å². The molecular formula is C21H18N4O3S. The first kappa shape index (κ1) is 18.8. The third-order valence-corrected chi connectivity index (χ3v) is 5.80. The minimum atomic E-state index is -3.38. The highest BCUT2D eigenvalue weighted by Crippen LogP contribution is 2.25. The predicted molar refractivity (Wildman–Crippen MR) is 111 cm³/mol. The van der Waals surface area contributed by atoms with Crippen LogP contribution in [0.1, 0.15) is 23.0 Å². The van der Waals surface area contributed by atoms with Crippen molar-refractivity contribution < 1.29 is 13.2 Å². The Bertz CT molecular complexity index is 1300. The van der Waals surface area contributed by atoms with Crippen LogP contribution in [0.25, 0.3) is 16.9 Å². The summed E-state index contributed by atoms with van der Waals surface area (Å²) in [4.78, 5) is 21.4. The highest BCUT2D eigenvalue weighted by molar-refractivity contribution is 7.92. The Labute approximate surface area is 168 Å². The highest BCUT2D eigenvalue weighted by atomic mass is 32.2. The fraction of sp³-hybridized carbons (Fsp3) is 0.0952. The van der Waals surface area contributed by atoms with Crippen LogP contribution in [0.4, 0.5) is 5.69 Å². The van der Waals surface area contributed by atoms with Crippen molar-refractivity contribution in [2.24, 2.45) is 0 Å². The lowest BCUT2D eigenvalue weighted by molar-refractivity contribution is 0.103. The Hall–Kier alpha value is -3.52. The summed E-state index contributed by atoms with van der Waals surface area (Å²) in [5, 5.41) is 0. The van der Waals surface area contributed by atoms with E-state index in [0.717, 1.165) is 11.3 Å². The van der Waals surface area contributed by atoms with Gasteiger partial charge in [-0.3, -0.25) is 13.9 Å². The lowest BCUT2D eigenvalue weighted by Crippen LogP contribution is -2.14. The quantitative estimate of drug-likeness (QED) is 0.496. The van der Waals surface area contributed by atoms with Crippen molar-refractivity contribution >= 4 is 27.1 Å². The molecule has 4 rings (SSSR count). The summed E-state index contributed by atoms with van der Waals surface area (Å²) in [6, 6.07) is 17.8. The Morgan fingerprint density at radius 1 is 1.03 bits per heavy atom. The van der Waals surface area contributed by atoms with E-state index in [0.29, 0.717) is 16.9 Å². The average molecular weight is 406 g/mol.